The summed E-state index contributed by atoms with van der Waals surface area (Å²) in [5.74, 6) is 0.833. The zero-order valence-electron chi connectivity index (χ0n) is 12.8. The fourth-order valence-corrected chi connectivity index (χ4v) is 2.86. The van der Waals surface area contributed by atoms with Crippen molar-refractivity contribution in [2.24, 2.45) is 0 Å². The molecule has 0 aliphatic carbocycles. The predicted octanol–water partition coefficient (Wildman–Crippen LogP) is 3.48. The molecule has 0 bridgehead atoms. The molecule has 0 unspecified atom stereocenters. The first kappa shape index (κ1) is 14.8. The van der Waals surface area contributed by atoms with Gasteiger partial charge in [-0.15, -0.1) is 0 Å². The molecule has 0 fully saturated rings. The molecule has 0 radical (unpaired) electrons. The topological polar surface area (TPSA) is 45.5 Å². The second-order valence-electron chi connectivity index (χ2n) is 5.47. The molecule has 3 aromatic rings. The Morgan fingerprint density at radius 1 is 1.27 bits per heavy atom. The monoisotopic (exact) mass is 359 g/mol. The molecular weight excluding hydrogens is 342 g/mol. The Morgan fingerprint density at radius 3 is 2.86 bits per heavy atom. The molecule has 0 spiro atoms. The standard InChI is InChI=1S/C16H18BrN5/c1-11-4-5-16-20-12(10-22(16)9-11)7-18-15-6-14(21(2)3)13(17)8-19-15/h4-6,8-10H,7H2,1-3H3,(H,18,19). The van der Waals surface area contributed by atoms with E-state index in [1.165, 1.54) is 5.56 Å². The van der Waals surface area contributed by atoms with Gasteiger partial charge in [-0.2, -0.15) is 0 Å². The molecule has 3 rings (SSSR count). The van der Waals surface area contributed by atoms with Crippen LogP contribution in [-0.4, -0.2) is 28.5 Å². The van der Waals surface area contributed by atoms with Crippen molar-refractivity contribution in [2.45, 2.75) is 13.5 Å². The van der Waals surface area contributed by atoms with Gasteiger partial charge in [0.05, 0.1) is 22.4 Å². The highest BCUT2D eigenvalue weighted by Crippen LogP contribution is 2.26. The van der Waals surface area contributed by atoms with Crippen LogP contribution < -0.4 is 10.2 Å². The van der Waals surface area contributed by atoms with Gasteiger partial charge < -0.3 is 14.6 Å². The first-order chi connectivity index (χ1) is 10.5. The van der Waals surface area contributed by atoms with Gasteiger partial charge in [0, 0.05) is 38.8 Å². The summed E-state index contributed by atoms with van der Waals surface area (Å²) in [6, 6.07) is 6.12. The van der Waals surface area contributed by atoms with E-state index in [-0.39, 0.29) is 0 Å². The van der Waals surface area contributed by atoms with E-state index < -0.39 is 0 Å². The van der Waals surface area contributed by atoms with Crippen LogP contribution in [0.3, 0.4) is 0 Å². The largest absolute Gasteiger partial charge is 0.377 e. The van der Waals surface area contributed by atoms with E-state index in [4.69, 9.17) is 0 Å². The van der Waals surface area contributed by atoms with Crippen LogP contribution >= 0.6 is 15.9 Å². The number of aryl methyl sites for hydroxylation is 1. The SMILES string of the molecule is Cc1ccc2nc(CNc3cc(N(C)C)c(Br)cn3)cn2c1. The van der Waals surface area contributed by atoms with Gasteiger partial charge in [-0.1, -0.05) is 6.07 Å². The van der Waals surface area contributed by atoms with E-state index in [0.717, 1.165) is 27.3 Å². The van der Waals surface area contributed by atoms with Crippen LogP contribution in [0, 0.1) is 6.92 Å². The Labute approximate surface area is 138 Å². The molecule has 0 amide bonds. The van der Waals surface area contributed by atoms with Crippen molar-refractivity contribution in [3.8, 4) is 0 Å². The van der Waals surface area contributed by atoms with Gasteiger partial charge in [-0.25, -0.2) is 9.97 Å². The Bertz CT molecular complexity index is 809. The van der Waals surface area contributed by atoms with E-state index >= 15 is 0 Å². The van der Waals surface area contributed by atoms with Gasteiger partial charge in [0.15, 0.2) is 0 Å². The third-order valence-electron chi connectivity index (χ3n) is 3.42. The molecule has 22 heavy (non-hydrogen) atoms. The number of nitrogens with one attached hydrogen (secondary N) is 1. The highest BCUT2D eigenvalue weighted by atomic mass is 79.9. The highest BCUT2D eigenvalue weighted by molar-refractivity contribution is 9.10. The number of imidazole rings is 1. The van der Waals surface area contributed by atoms with Crippen molar-refractivity contribution in [2.75, 3.05) is 24.3 Å². The summed E-state index contributed by atoms with van der Waals surface area (Å²) in [6.07, 6.45) is 5.93. The first-order valence-corrected chi connectivity index (χ1v) is 7.83. The molecule has 3 aromatic heterocycles. The smallest absolute Gasteiger partial charge is 0.137 e. The van der Waals surface area contributed by atoms with Gasteiger partial charge in [-0.3, -0.25) is 0 Å². The molecule has 6 heteroatoms. The normalized spacial score (nSPS) is 10.9. The van der Waals surface area contributed by atoms with Crippen LogP contribution in [0.25, 0.3) is 5.65 Å². The van der Waals surface area contributed by atoms with Crippen molar-refractivity contribution in [3.05, 3.63) is 52.5 Å². The van der Waals surface area contributed by atoms with Crippen LogP contribution in [0.2, 0.25) is 0 Å². The third-order valence-corrected chi connectivity index (χ3v) is 4.03. The quantitative estimate of drug-likeness (QED) is 0.774. The minimum absolute atomic E-state index is 0.641. The average Bonchev–Trinajstić information content (AvgIpc) is 2.88. The van der Waals surface area contributed by atoms with E-state index in [0.29, 0.717) is 6.54 Å². The van der Waals surface area contributed by atoms with Gasteiger partial charge in [-0.05, 0) is 34.5 Å². The van der Waals surface area contributed by atoms with E-state index in [1.54, 1.807) is 0 Å². The maximum Gasteiger partial charge on any atom is 0.137 e. The highest BCUT2D eigenvalue weighted by Gasteiger charge is 2.06. The second-order valence-corrected chi connectivity index (χ2v) is 6.33. The summed E-state index contributed by atoms with van der Waals surface area (Å²) in [6.45, 7) is 2.72. The van der Waals surface area contributed by atoms with Gasteiger partial charge in [0.1, 0.15) is 11.5 Å². The zero-order valence-corrected chi connectivity index (χ0v) is 14.4. The molecule has 3 heterocycles. The van der Waals surface area contributed by atoms with Gasteiger partial charge >= 0.3 is 0 Å². The maximum absolute atomic E-state index is 4.60. The van der Waals surface area contributed by atoms with Gasteiger partial charge in [0.2, 0.25) is 0 Å². The molecule has 0 saturated heterocycles. The van der Waals surface area contributed by atoms with Crippen LogP contribution in [-0.2, 0) is 6.54 Å². The van der Waals surface area contributed by atoms with Crippen molar-refractivity contribution in [1.82, 2.24) is 14.4 Å². The summed E-state index contributed by atoms with van der Waals surface area (Å²) in [7, 11) is 4.02. The Kier molecular flexibility index (Phi) is 4.02. The van der Waals surface area contributed by atoms with Crippen LogP contribution in [0.1, 0.15) is 11.3 Å². The van der Waals surface area contributed by atoms with Crippen LogP contribution in [0.5, 0.6) is 0 Å². The summed E-state index contributed by atoms with van der Waals surface area (Å²) in [5.41, 5.74) is 4.25. The molecule has 0 aliphatic rings. The molecule has 0 aromatic carbocycles. The number of pyridine rings is 2. The average molecular weight is 360 g/mol. The van der Waals surface area contributed by atoms with Crippen molar-refractivity contribution >= 4 is 33.1 Å². The first-order valence-electron chi connectivity index (χ1n) is 7.04. The number of hydrogen-bond donors (Lipinski definition) is 1. The number of halogens is 1. The lowest BCUT2D eigenvalue weighted by molar-refractivity contribution is 1.05. The fourth-order valence-electron chi connectivity index (χ4n) is 2.29. The predicted molar refractivity (Wildman–Crippen MR) is 93.5 cm³/mol. The molecule has 5 nitrogen and oxygen atoms in total. The molecule has 1 N–H and O–H groups in total. The lowest BCUT2D eigenvalue weighted by Gasteiger charge is -2.15. The van der Waals surface area contributed by atoms with Crippen LogP contribution in [0.15, 0.2) is 41.3 Å². The summed E-state index contributed by atoms with van der Waals surface area (Å²) in [5, 5.41) is 3.32. The number of rotatable bonds is 4. The summed E-state index contributed by atoms with van der Waals surface area (Å²) >= 11 is 3.51. The number of aromatic nitrogens is 3. The second kappa shape index (κ2) is 5.96. The van der Waals surface area contributed by atoms with Crippen molar-refractivity contribution in [1.29, 1.82) is 0 Å². The van der Waals surface area contributed by atoms with Gasteiger partial charge in [0.25, 0.3) is 0 Å². The maximum atomic E-state index is 4.60. The lowest BCUT2D eigenvalue weighted by atomic mass is 10.3. The number of nitrogens with zero attached hydrogens (tertiary/aromatic N) is 4. The third kappa shape index (κ3) is 3.06. The van der Waals surface area contributed by atoms with Crippen molar-refractivity contribution in [3.63, 3.8) is 0 Å². The Morgan fingerprint density at radius 2 is 2.09 bits per heavy atom. The molecule has 0 saturated carbocycles. The number of fused-ring (bicyclic) bond motifs is 1. The Hall–Kier alpha value is -2.08. The minimum atomic E-state index is 0.641. The molecule has 0 atom stereocenters. The summed E-state index contributed by atoms with van der Waals surface area (Å²) in [4.78, 5) is 11.0. The minimum Gasteiger partial charge on any atom is -0.377 e. The van der Waals surface area contributed by atoms with Crippen molar-refractivity contribution < 1.29 is 0 Å². The fraction of sp³-hybridized carbons (Fsp3) is 0.250. The molecule has 0 aliphatic heterocycles. The van der Waals surface area contributed by atoms with E-state index in [2.05, 4.69) is 50.4 Å². The molecule has 114 valence electrons. The zero-order chi connectivity index (χ0) is 15.7. The number of anilines is 2. The van der Waals surface area contributed by atoms with E-state index in [9.17, 15) is 0 Å². The lowest BCUT2D eigenvalue weighted by Crippen LogP contribution is -2.11. The Balaban J connectivity index is 1.77. The van der Waals surface area contributed by atoms with Crippen LogP contribution in [0.4, 0.5) is 11.5 Å². The molecular formula is C16H18BrN5. The number of hydrogen-bond acceptors (Lipinski definition) is 4. The summed E-state index contributed by atoms with van der Waals surface area (Å²) < 4.78 is 3.03. The van der Waals surface area contributed by atoms with E-state index in [1.807, 2.05) is 47.9 Å².